The number of hydrogen-bond acceptors (Lipinski definition) is 14. The molecule has 2 saturated heterocycles. The van der Waals surface area contributed by atoms with Crippen LogP contribution in [0.1, 0.15) is 137 Å². The molecule has 0 unspecified atom stereocenters. The Kier molecular flexibility index (Phi) is 16.9. The molecule has 3 heterocycles. The van der Waals surface area contributed by atoms with Crippen LogP contribution in [0.5, 0.6) is 0 Å². The number of rotatable bonds is 20. The summed E-state index contributed by atoms with van der Waals surface area (Å²) in [6, 6.07) is 0. The van der Waals surface area contributed by atoms with Crippen LogP contribution in [0.2, 0.25) is 0 Å². The van der Waals surface area contributed by atoms with Crippen molar-refractivity contribution in [3.63, 3.8) is 0 Å². The van der Waals surface area contributed by atoms with Gasteiger partial charge in [0.15, 0.2) is 12.6 Å². The molecular weight excluding hydrogens is 811 g/mol. The Labute approximate surface area is 374 Å². The zero-order valence-corrected chi connectivity index (χ0v) is 38.6. The van der Waals surface area contributed by atoms with Gasteiger partial charge in [0.25, 0.3) is 0 Å². The molecule has 0 radical (unpaired) electrons. The minimum Gasteiger partial charge on any atom is -0.394 e. The van der Waals surface area contributed by atoms with Crippen LogP contribution < -0.4 is 0 Å². The van der Waals surface area contributed by atoms with Gasteiger partial charge in [-0.25, -0.2) is 0 Å². The zero-order chi connectivity index (χ0) is 45.1. The number of allylic oxidation sites excluding steroid dienone is 1. The van der Waals surface area contributed by atoms with E-state index in [1.54, 1.807) is 5.57 Å². The monoisotopic (exact) mass is 892 g/mol. The summed E-state index contributed by atoms with van der Waals surface area (Å²) in [7, 11) is 0. The van der Waals surface area contributed by atoms with Crippen molar-refractivity contribution in [2.75, 3.05) is 19.8 Å². The molecule has 63 heavy (non-hydrogen) atoms. The van der Waals surface area contributed by atoms with Gasteiger partial charge in [-0.3, -0.25) is 4.68 Å². The number of ether oxygens (including phenoxy) is 5. The van der Waals surface area contributed by atoms with Crippen LogP contribution in [0.25, 0.3) is 0 Å². The Morgan fingerprint density at radius 1 is 0.778 bits per heavy atom. The molecule has 4 aliphatic carbocycles. The fourth-order valence-corrected chi connectivity index (χ4v) is 13.1. The van der Waals surface area contributed by atoms with Crippen molar-refractivity contribution in [2.45, 2.75) is 212 Å². The minimum absolute atomic E-state index is 0.217. The first-order valence-electron chi connectivity index (χ1n) is 24.6. The molecule has 5 fully saturated rings. The van der Waals surface area contributed by atoms with Gasteiger partial charge in [-0.15, -0.1) is 5.10 Å². The highest BCUT2D eigenvalue weighted by atomic mass is 16.7. The minimum atomic E-state index is -1.72. The topological polar surface area (TPSA) is 218 Å². The molecule has 15 heteroatoms. The van der Waals surface area contributed by atoms with Crippen molar-refractivity contribution < 1.29 is 59.4 Å². The van der Waals surface area contributed by atoms with E-state index < -0.39 is 74.6 Å². The summed E-state index contributed by atoms with van der Waals surface area (Å²) < 4.78 is 30.8. The molecule has 1 aromatic rings. The maximum Gasteiger partial charge on any atom is 0.187 e. The van der Waals surface area contributed by atoms with E-state index in [0.29, 0.717) is 23.9 Å². The van der Waals surface area contributed by atoms with Crippen molar-refractivity contribution >= 4 is 0 Å². The largest absolute Gasteiger partial charge is 0.394 e. The number of aliphatic hydroxyl groups excluding tert-OH is 7. The molecule has 0 aromatic carbocycles. The van der Waals surface area contributed by atoms with E-state index >= 15 is 0 Å². The van der Waals surface area contributed by atoms with Crippen LogP contribution in [-0.4, -0.2) is 138 Å². The summed E-state index contributed by atoms with van der Waals surface area (Å²) in [6.07, 6.45) is 7.86. The average Bonchev–Trinajstić information content (AvgIpc) is 3.88. The molecule has 0 amide bonds. The van der Waals surface area contributed by atoms with Gasteiger partial charge in [0.05, 0.1) is 32.1 Å². The number of nitrogens with zero attached hydrogens (tertiary/aromatic N) is 3. The molecule has 15 nitrogen and oxygen atoms in total. The molecule has 1 aromatic heterocycles. The van der Waals surface area contributed by atoms with Gasteiger partial charge in [0.2, 0.25) is 0 Å². The smallest absolute Gasteiger partial charge is 0.187 e. The number of aryl methyl sites for hydroxylation is 1. The first kappa shape index (κ1) is 49.3. The van der Waals surface area contributed by atoms with Gasteiger partial charge in [0, 0.05) is 13.2 Å². The normalized spacial score (nSPS) is 42.1. The Bertz CT molecular complexity index is 1610. The number of unbranched alkanes of at least 4 members (excludes halogenated alkanes) is 3. The van der Waals surface area contributed by atoms with E-state index in [2.05, 4.69) is 51.0 Å². The highest BCUT2D eigenvalue weighted by molar-refractivity contribution is 5.25. The lowest BCUT2D eigenvalue weighted by atomic mass is 9.47. The van der Waals surface area contributed by atoms with Gasteiger partial charge in [-0.05, 0) is 111 Å². The SMILES string of the molecule is CC(C)CCC[C@@H](C)[C@H]1CC[C@H]2[C@@H]3CC=C4C[C@@H](OCc5cn(CCCCCCO[C@@H]6O[C@H](CO)[C@@H](O[C@H]7O[C@H](CO)[C@@H](O)[C@H](O)[C@H]7O)[C@H](O)[C@H]6O)nn5)CC[C@]4(C)[C@H]3CC[C@]12C. The van der Waals surface area contributed by atoms with Crippen molar-refractivity contribution in [3.8, 4) is 0 Å². The Morgan fingerprint density at radius 3 is 2.29 bits per heavy atom. The van der Waals surface area contributed by atoms with Crippen molar-refractivity contribution in [3.05, 3.63) is 23.5 Å². The van der Waals surface area contributed by atoms with Gasteiger partial charge in [-0.2, -0.15) is 0 Å². The van der Waals surface area contributed by atoms with E-state index in [9.17, 15) is 35.7 Å². The second kappa shape index (κ2) is 21.6. The first-order valence-corrected chi connectivity index (χ1v) is 24.6. The summed E-state index contributed by atoms with van der Waals surface area (Å²) in [5.74, 6) is 5.05. The molecule has 18 atom stereocenters. The number of hydrogen-bond donors (Lipinski definition) is 7. The third-order valence-corrected chi connectivity index (χ3v) is 16.8. The van der Waals surface area contributed by atoms with Crippen LogP contribution in [0, 0.1) is 46.3 Å². The van der Waals surface area contributed by atoms with Crippen LogP contribution in [0.4, 0.5) is 0 Å². The van der Waals surface area contributed by atoms with Crippen LogP contribution in [0.15, 0.2) is 17.8 Å². The fourth-order valence-electron chi connectivity index (χ4n) is 13.1. The lowest BCUT2D eigenvalue weighted by Gasteiger charge is -2.58. The standard InChI is InChI=1S/C48H81N3O12/c1-28(2)11-10-12-29(3)34-15-16-35-33-14-13-30-23-32(17-19-47(30,4)36(33)18-20-48(34,35)5)60-27-31-24-51(50-49-31)21-8-6-7-9-22-59-45-43(58)41(56)44(38(26-53)62-45)63-46-42(57)40(55)39(54)37(25-52)61-46/h13,24,28-29,32-46,52-58H,6-12,14-23,25-27H2,1-5H3/t29-,32+,33+,34-,35+,36+,37-,38-,39-,40+,41-,42-,43-,44-,45-,46-,47+,48-/m1/s1. The summed E-state index contributed by atoms with van der Waals surface area (Å²) in [6.45, 7) is 12.7. The molecule has 360 valence electrons. The summed E-state index contributed by atoms with van der Waals surface area (Å²) in [5.41, 5.74) is 3.32. The quantitative estimate of drug-likeness (QED) is 0.0714. The van der Waals surface area contributed by atoms with E-state index in [-0.39, 0.29) is 12.7 Å². The lowest BCUT2D eigenvalue weighted by molar-refractivity contribution is -0.359. The molecule has 7 rings (SSSR count). The molecule has 2 aliphatic heterocycles. The Balaban J connectivity index is 0.787. The predicted molar refractivity (Wildman–Crippen MR) is 232 cm³/mol. The maximum absolute atomic E-state index is 10.8. The highest BCUT2D eigenvalue weighted by Gasteiger charge is 2.59. The van der Waals surface area contributed by atoms with E-state index in [0.717, 1.165) is 79.9 Å². The number of fused-ring (bicyclic) bond motifs is 5. The van der Waals surface area contributed by atoms with E-state index in [1.807, 2.05) is 10.9 Å². The molecule has 0 bridgehead atoms. The van der Waals surface area contributed by atoms with Crippen molar-refractivity contribution in [2.24, 2.45) is 46.3 Å². The third-order valence-electron chi connectivity index (χ3n) is 16.8. The molecule has 7 N–H and O–H groups in total. The maximum atomic E-state index is 10.8. The lowest BCUT2D eigenvalue weighted by Crippen LogP contribution is -2.64. The average molecular weight is 892 g/mol. The predicted octanol–water partition coefficient (Wildman–Crippen LogP) is 4.41. The summed E-state index contributed by atoms with van der Waals surface area (Å²) in [4.78, 5) is 0. The van der Waals surface area contributed by atoms with E-state index in [4.69, 9.17) is 23.7 Å². The van der Waals surface area contributed by atoms with Gasteiger partial charge in [0.1, 0.15) is 54.5 Å². The van der Waals surface area contributed by atoms with Gasteiger partial charge in [-0.1, -0.05) is 83.6 Å². The summed E-state index contributed by atoms with van der Waals surface area (Å²) >= 11 is 0. The van der Waals surface area contributed by atoms with Gasteiger partial charge < -0.3 is 59.4 Å². The second-order valence-electron chi connectivity index (χ2n) is 21.2. The molecule has 3 saturated carbocycles. The van der Waals surface area contributed by atoms with Crippen LogP contribution in [-0.2, 0) is 36.8 Å². The number of aliphatic hydroxyl groups is 7. The summed E-state index contributed by atoms with van der Waals surface area (Å²) in [5, 5.41) is 80.2. The van der Waals surface area contributed by atoms with E-state index in [1.165, 1.54) is 57.8 Å². The Morgan fingerprint density at radius 2 is 1.52 bits per heavy atom. The van der Waals surface area contributed by atoms with Crippen LogP contribution >= 0.6 is 0 Å². The molecular formula is C48H81N3O12. The van der Waals surface area contributed by atoms with Crippen molar-refractivity contribution in [1.82, 2.24) is 15.0 Å². The fraction of sp³-hybridized carbons (Fsp3) is 0.917. The van der Waals surface area contributed by atoms with Gasteiger partial charge >= 0.3 is 0 Å². The van der Waals surface area contributed by atoms with Crippen molar-refractivity contribution in [1.29, 1.82) is 0 Å². The molecule has 6 aliphatic rings. The zero-order valence-electron chi connectivity index (χ0n) is 38.6. The first-order chi connectivity index (χ1) is 30.2. The second-order valence-corrected chi connectivity index (χ2v) is 21.2. The Hall–Kier alpha value is -1.60. The number of aromatic nitrogens is 3. The molecule has 0 spiro atoms. The van der Waals surface area contributed by atoms with Crippen LogP contribution in [0.3, 0.4) is 0 Å². The highest BCUT2D eigenvalue weighted by Crippen LogP contribution is 2.67. The third kappa shape index (κ3) is 10.8.